The van der Waals surface area contributed by atoms with E-state index in [0.29, 0.717) is 23.2 Å². The number of amidine groups is 1. The fourth-order valence-electron chi connectivity index (χ4n) is 2.53. The molecular formula is C17H17Cl2N3O. The maximum atomic E-state index is 6.17. The van der Waals surface area contributed by atoms with Gasteiger partial charge in [0.05, 0.1) is 10.0 Å². The number of nitrogens with zero attached hydrogens (tertiary/aromatic N) is 2. The zero-order valence-corrected chi connectivity index (χ0v) is 14.0. The van der Waals surface area contributed by atoms with Crippen LogP contribution in [0.25, 0.3) is 0 Å². The zero-order chi connectivity index (χ0) is 16.2. The van der Waals surface area contributed by atoms with E-state index in [1.54, 1.807) is 6.07 Å². The molecule has 2 aromatic carbocycles. The minimum atomic E-state index is 0.00756. The van der Waals surface area contributed by atoms with Crippen LogP contribution < -0.4 is 10.6 Å². The van der Waals surface area contributed by atoms with Gasteiger partial charge in [-0.25, -0.2) is 4.99 Å². The normalized spacial score (nSPS) is 16.8. The molecule has 0 fully saturated rings. The molecule has 120 valence electrons. The van der Waals surface area contributed by atoms with E-state index in [4.69, 9.17) is 33.7 Å². The number of hydrogen-bond acceptors (Lipinski definition) is 4. The Morgan fingerprint density at radius 2 is 1.91 bits per heavy atom. The van der Waals surface area contributed by atoms with Gasteiger partial charge in [0.15, 0.2) is 0 Å². The second kappa shape index (κ2) is 7.11. The van der Waals surface area contributed by atoms with Gasteiger partial charge in [0.25, 0.3) is 6.02 Å². The predicted octanol–water partition coefficient (Wildman–Crippen LogP) is 3.71. The van der Waals surface area contributed by atoms with Gasteiger partial charge in [0.1, 0.15) is 12.6 Å². The van der Waals surface area contributed by atoms with Crippen molar-refractivity contribution in [2.75, 3.05) is 18.1 Å². The van der Waals surface area contributed by atoms with Crippen molar-refractivity contribution < 1.29 is 4.74 Å². The lowest BCUT2D eigenvalue weighted by molar-refractivity contribution is 0.313. The van der Waals surface area contributed by atoms with Crippen LogP contribution in [0.3, 0.4) is 0 Å². The van der Waals surface area contributed by atoms with Gasteiger partial charge in [-0.05, 0) is 23.8 Å². The Kier molecular flexibility index (Phi) is 4.94. The van der Waals surface area contributed by atoms with Gasteiger partial charge in [0, 0.05) is 18.8 Å². The van der Waals surface area contributed by atoms with Crippen molar-refractivity contribution in [3.05, 3.63) is 64.1 Å². The molecule has 0 saturated heterocycles. The summed E-state index contributed by atoms with van der Waals surface area (Å²) in [7, 11) is 0. The van der Waals surface area contributed by atoms with E-state index in [1.807, 2.05) is 30.3 Å². The van der Waals surface area contributed by atoms with Crippen LogP contribution in [0.15, 0.2) is 53.5 Å². The van der Waals surface area contributed by atoms with E-state index in [0.717, 1.165) is 12.2 Å². The summed E-state index contributed by atoms with van der Waals surface area (Å²) in [5, 5.41) is 1.08. The lowest BCUT2D eigenvalue weighted by Crippen LogP contribution is -2.32. The molecule has 0 unspecified atom stereocenters. The SMILES string of the molecule is NC1=N[C@@H](CN(Cc2ccccc2)c2ccc(Cl)c(Cl)c2)CO1. The predicted molar refractivity (Wildman–Crippen MR) is 95.3 cm³/mol. The summed E-state index contributed by atoms with van der Waals surface area (Å²) in [4.78, 5) is 6.51. The Hall–Kier alpha value is -1.91. The van der Waals surface area contributed by atoms with Crippen molar-refractivity contribution in [1.29, 1.82) is 0 Å². The molecule has 0 aliphatic carbocycles. The van der Waals surface area contributed by atoms with Crippen molar-refractivity contribution in [1.82, 2.24) is 0 Å². The first-order valence-corrected chi connectivity index (χ1v) is 8.07. The number of aliphatic imine (C=N–C) groups is 1. The number of anilines is 1. The number of ether oxygens (including phenoxy) is 1. The van der Waals surface area contributed by atoms with E-state index in [9.17, 15) is 0 Å². The average molecular weight is 350 g/mol. The lowest BCUT2D eigenvalue weighted by Gasteiger charge is -2.27. The second-order valence-corrected chi connectivity index (χ2v) is 6.21. The van der Waals surface area contributed by atoms with Gasteiger partial charge in [-0.15, -0.1) is 0 Å². The molecule has 1 atom stereocenters. The molecule has 0 saturated carbocycles. The van der Waals surface area contributed by atoms with Gasteiger partial charge in [-0.3, -0.25) is 0 Å². The zero-order valence-electron chi connectivity index (χ0n) is 12.5. The fourth-order valence-corrected chi connectivity index (χ4v) is 2.82. The third kappa shape index (κ3) is 4.09. The number of benzene rings is 2. The Labute approximate surface area is 145 Å². The standard InChI is InChI=1S/C17H17Cl2N3O/c18-15-7-6-14(8-16(15)19)22(9-12-4-2-1-3-5-12)10-13-11-23-17(20)21-13/h1-8,13H,9-11H2,(H2,20,21)/t13-/m0/s1. The summed E-state index contributed by atoms with van der Waals surface area (Å²) in [6.45, 7) is 1.93. The summed E-state index contributed by atoms with van der Waals surface area (Å²) >= 11 is 12.2. The highest BCUT2D eigenvalue weighted by atomic mass is 35.5. The quantitative estimate of drug-likeness (QED) is 0.894. The molecule has 3 rings (SSSR count). The highest BCUT2D eigenvalue weighted by molar-refractivity contribution is 6.42. The minimum Gasteiger partial charge on any atom is -0.463 e. The molecule has 0 spiro atoms. The molecule has 0 radical (unpaired) electrons. The molecule has 1 aliphatic heterocycles. The smallest absolute Gasteiger partial charge is 0.282 e. The Bertz CT molecular complexity index is 706. The first-order chi connectivity index (χ1) is 11.1. The van der Waals surface area contributed by atoms with Crippen molar-refractivity contribution in [2.24, 2.45) is 10.7 Å². The van der Waals surface area contributed by atoms with Gasteiger partial charge < -0.3 is 15.4 Å². The largest absolute Gasteiger partial charge is 0.463 e. The van der Waals surface area contributed by atoms with Crippen LogP contribution in [0.5, 0.6) is 0 Å². The molecule has 2 aromatic rings. The molecule has 0 amide bonds. The third-order valence-corrected chi connectivity index (χ3v) is 4.39. The maximum absolute atomic E-state index is 6.17. The highest BCUT2D eigenvalue weighted by Gasteiger charge is 2.21. The number of hydrogen-bond donors (Lipinski definition) is 1. The minimum absolute atomic E-state index is 0.00756. The van der Waals surface area contributed by atoms with Crippen LogP contribution in [-0.2, 0) is 11.3 Å². The molecule has 6 heteroatoms. The Balaban J connectivity index is 1.84. The van der Waals surface area contributed by atoms with Crippen molar-refractivity contribution in [3.63, 3.8) is 0 Å². The van der Waals surface area contributed by atoms with Crippen LogP contribution >= 0.6 is 23.2 Å². The average Bonchev–Trinajstić information content (AvgIpc) is 2.95. The topological polar surface area (TPSA) is 50.8 Å². The molecule has 23 heavy (non-hydrogen) atoms. The molecule has 1 aliphatic rings. The molecule has 0 aromatic heterocycles. The lowest BCUT2D eigenvalue weighted by atomic mass is 10.1. The summed E-state index contributed by atoms with van der Waals surface area (Å²) in [6, 6.07) is 16.1. The van der Waals surface area contributed by atoms with E-state index in [-0.39, 0.29) is 12.1 Å². The Morgan fingerprint density at radius 3 is 2.57 bits per heavy atom. The molecule has 2 N–H and O–H groups in total. The monoisotopic (exact) mass is 349 g/mol. The van der Waals surface area contributed by atoms with Crippen molar-refractivity contribution >= 4 is 34.9 Å². The summed E-state index contributed by atoms with van der Waals surface area (Å²) in [5.41, 5.74) is 7.80. The first-order valence-electron chi connectivity index (χ1n) is 7.32. The first kappa shape index (κ1) is 16.0. The van der Waals surface area contributed by atoms with E-state index in [2.05, 4.69) is 22.0 Å². The fraction of sp³-hybridized carbons (Fsp3) is 0.235. The number of nitrogens with two attached hydrogens (primary N) is 1. The second-order valence-electron chi connectivity index (χ2n) is 5.40. The number of rotatable bonds is 5. The molecule has 4 nitrogen and oxygen atoms in total. The van der Waals surface area contributed by atoms with E-state index in [1.165, 1.54) is 5.56 Å². The summed E-state index contributed by atoms with van der Waals surface area (Å²) in [5.74, 6) is 0. The van der Waals surface area contributed by atoms with Crippen LogP contribution in [0.4, 0.5) is 5.69 Å². The molecule has 0 bridgehead atoms. The number of halogens is 2. The van der Waals surface area contributed by atoms with Gasteiger partial charge in [-0.1, -0.05) is 53.5 Å². The van der Waals surface area contributed by atoms with Crippen LogP contribution in [-0.4, -0.2) is 25.2 Å². The van der Waals surface area contributed by atoms with E-state index < -0.39 is 0 Å². The molecule has 1 heterocycles. The maximum Gasteiger partial charge on any atom is 0.282 e. The highest BCUT2D eigenvalue weighted by Crippen LogP contribution is 2.28. The van der Waals surface area contributed by atoms with Gasteiger partial charge in [-0.2, -0.15) is 0 Å². The van der Waals surface area contributed by atoms with Crippen molar-refractivity contribution in [3.8, 4) is 0 Å². The van der Waals surface area contributed by atoms with Gasteiger partial charge in [0.2, 0.25) is 0 Å². The Morgan fingerprint density at radius 1 is 1.13 bits per heavy atom. The van der Waals surface area contributed by atoms with Crippen molar-refractivity contribution in [2.45, 2.75) is 12.6 Å². The third-order valence-electron chi connectivity index (χ3n) is 3.65. The van der Waals surface area contributed by atoms with Crippen LogP contribution in [0.1, 0.15) is 5.56 Å². The van der Waals surface area contributed by atoms with Crippen LogP contribution in [0, 0.1) is 0 Å². The summed E-state index contributed by atoms with van der Waals surface area (Å²) < 4.78 is 5.25. The van der Waals surface area contributed by atoms with Gasteiger partial charge >= 0.3 is 0 Å². The van der Waals surface area contributed by atoms with E-state index >= 15 is 0 Å². The van der Waals surface area contributed by atoms with Crippen LogP contribution in [0.2, 0.25) is 10.0 Å². The molecular weight excluding hydrogens is 333 g/mol. The summed E-state index contributed by atoms with van der Waals surface area (Å²) in [6.07, 6.45) is 0.